The Hall–Kier alpha value is -2.31. The number of benzene rings is 2. The fraction of sp³-hybridized carbons (Fsp3) is 0.167. The van der Waals surface area contributed by atoms with E-state index in [0.717, 1.165) is 5.56 Å². The van der Waals surface area contributed by atoms with Gasteiger partial charge in [-0.2, -0.15) is 0 Å². The average Bonchev–Trinajstić information content (AvgIpc) is 2.59. The lowest BCUT2D eigenvalue weighted by atomic mass is 10.0. The zero-order chi connectivity index (χ0) is 17.7. The van der Waals surface area contributed by atoms with Crippen molar-refractivity contribution in [3.8, 4) is 0 Å². The highest BCUT2D eigenvalue weighted by atomic mass is 32.1. The van der Waals surface area contributed by atoms with E-state index in [1.165, 1.54) is 23.2 Å². The fourth-order valence-electron chi connectivity index (χ4n) is 2.11. The van der Waals surface area contributed by atoms with E-state index < -0.39 is 5.97 Å². The maximum atomic E-state index is 10.9. The summed E-state index contributed by atoms with van der Waals surface area (Å²) in [6.45, 7) is 4.28. The van der Waals surface area contributed by atoms with Crippen molar-refractivity contribution < 1.29 is 9.90 Å². The van der Waals surface area contributed by atoms with Crippen LogP contribution in [0.3, 0.4) is 0 Å². The monoisotopic (exact) mass is 358 g/mol. The van der Waals surface area contributed by atoms with Gasteiger partial charge < -0.3 is 5.11 Å². The van der Waals surface area contributed by atoms with Crippen LogP contribution in [0.15, 0.2) is 48.5 Å². The third kappa shape index (κ3) is 4.37. The molecule has 0 bridgehead atoms. The van der Waals surface area contributed by atoms with Gasteiger partial charge in [0.1, 0.15) is 4.99 Å². The van der Waals surface area contributed by atoms with E-state index in [2.05, 4.69) is 31.4 Å². The van der Waals surface area contributed by atoms with Crippen LogP contribution in [-0.4, -0.2) is 21.6 Å². The van der Waals surface area contributed by atoms with Crippen molar-refractivity contribution in [3.05, 3.63) is 65.2 Å². The first-order valence-corrected chi connectivity index (χ1v) is 8.29. The van der Waals surface area contributed by atoms with Crippen LogP contribution in [0.25, 0.3) is 0 Å². The van der Waals surface area contributed by atoms with Gasteiger partial charge >= 0.3 is 5.97 Å². The molecule has 0 amide bonds. The van der Waals surface area contributed by atoms with Crippen LogP contribution in [-0.2, 0) is 0 Å². The predicted octanol–water partition coefficient (Wildman–Crippen LogP) is 4.15. The maximum Gasteiger partial charge on any atom is 0.335 e. The lowest BCUT2D eigenvalue weighted by Crippen LogP contribution is -2.40. The van der Waals surface area contributed by atoms with Crippen LogP contribution in [0.5, 0.6) is 0 Å². The van der Waals surface area contributed by atoms with E-state index in [-0.39, 0.29) is 5.56 Å². The Labute approximate surface area is 152 Å². The molecule has 0 radical (unpaired) electrons. The predicted molar refractivity (Wildman–Crippen MR) is 105 cm³/mol. The summed E-state index contributed by atoms with van der Waals surface area (Å²) in [6, 6.07) is 14.4. The highest BCUT2D eigenvalue weighted by Gasteiger charge is 2.09. The molecular formula is C18H18N2O2S2. The van der Waals surface area contributed by atoms with Gasteiger partial charge in [-0.1, -0.05) is 62.5 Å². The SMILES string of the molecule is CC(C)c1ccc(C(=S)NN(C=S)c2ccc(C(=O)O)cc2)cc1. The third-order valence-electron chi connectivity index (χ3n) is 3.56. The first-order valence-electron chi connectivity index (χ1n) is 7.41. The minimum absolute atomic E-state index is 0.218. The molecule has 2 N–H and O–H groups in total. The van der Waals surface area contributed by atoms with E-state index in [4.69, 9.17) is 29.5 Å². The molecule has 0 aromatic heterocycles. The summed E-state index contributed by atoms with van der Waals surface area (Å²) in [5.41, 5.74) is 7.53. The molecule has 2 aromatic carbocycles. The normalized spacial score (nSPS) is 10.3. The fourth-order valence-corrected chi connectivity index (χ4v) is 2.52. The number of rotatable bonds is 6. The highest BCUT2D eigenvalue weighted by Crippen LogP contribution is 2.16. The van der Waals surface area contributed by atoms with Crippen molar-refractivity contribution in [2.45, 2.75) is 19.8 Å². The van der Waals surface area contributed by atoms with E-state index in [9.17, 15) is 4.79 Å². The summed E-state index contributed by atoms with van der Waals surface area (Å²) >= 11 is 10.5. The molecule has 0 aliphatic rings. The van der Waals surface area contributed by atoms with Crippen molar-refractivity contribution in [2.75, 3.05) is 5.01 Å². The number of nitrogens with zero attached hydrogens (tertiary/aromatic N) is 1. The zero-order valence-corrected chi connectivity index (χ0v) is 15.0. The van der Waals surface area contributed by atoms with Gasteiger partial charge in [-0.15, -0.1) is 0 Å². The summed E-state index contributed by atoms with van der Waals surface area (Å²) in [4.78, 5) is 11.4. The van der Waals surface area contributed by atoms with E-state index in [0.29, 0.717) is 16.6 Å². The number of carbonyl (C=O) groups is 1. The molecule has 124 valence electrons. The Morgan fingerprint density at radius 2 is 1.62 bits per heavy atom. The number of thiocarbonyl (C=S) groups is 2. The largest absolute Gasteiger partial charge is 0.478 e. The number of carboxylic acids is 1. The summed E-state index contributed by atoms with van der Waals surface area (Å²) in [6.07, 6.45) is 0. The molecule has 0 unspecified atom stereocenters. The third-order valence-corrected chi connectivity index (χ3v) is 4.10. The quantitative estimate of drug-likeness (QED) is 0.598. The van der Waals surface area contributed by atoms with Crippen molar-refractivity contribution in [2.24, 2.45) is 0 Å². The lowest BCUT2D eigenvalue weighted by Gasteiger charge is -2.22. The second-order valence-corrected chi connectivity index (χ2v) is 6.16. The van der Waals surface area contributed by atoms with Gasteiger partial charge in [0.2, 0.25) is 0 Å². The molecule has 0 atom stereocenters. The molecular weight excluding hydrogens is 340 g/mol. The van der Waals surface area contributed by atoms with Crippen LogP contribution in [0, 0.1) is 0 Å². The van der Waals surface area contributed by atoms with Crippen molar-refractivity contribution in [1.29, 1.82) is 0 Å². The number of hydrazine groups is 1. The molecule has 0 saturated carbocycles. The van der Waals surface area contributed by atoms with E-state index >= 15 is 0 Å². The average molecular weight is 358 g/mol. The van der Waals surface area contributed by atoms with E-state index in [1.807, 2.05) is 12.1 Å². The van der Waals surface area contributed by atoms with Gasteiger partial charge in [-0.25, -0.2) is 4.79 Å². The Kier molecular flexibility index (Phi) is 6.00. The summed E-state index contributed by atoms with van der Waals surface area (Å²) < 4.78 is 0. The van der Waals surface area contributed by atoms with E-state index in [1.54, 1.807) is 17.1 Å². The zero-order valence-electron chi connectivity index (χ0n) is 13.4. The first kappa shape index (κ1) is 18.0. The van der Waals surface area contributed by atoms with Crippen LogP contribution in [0.2, 0.25) is 0 Å². The molecule has 0 spiro atoms. The summed E-state index contributed by atoms with van der Waals surface area (Å²) in [5, 5.41) is 10.5. The van der Waals surface area contributed by atoms with Gasteiger partial charge in [0.15, 0.2) is 0 Å². The molecule has 2 rings (SSSR count). The smallest absolute Gasteiger partial charge is 0.335 e. The maximum absolute atomic E-state index is 10.9. The minimum atomic E-state index is -0.968. The Bertz CT molecular complexity index is 741. The van der Waals surface area contributed by atoms with Gasteiger partial charge in [0.05, 0.1) is 16.7 Å². The topological polar surface area (TPSA) is 52.6 Å². The minimum Gasteiger partial charge on any atom is -0.478 e. The van der Waals surface area contributed by atoms with Crippen LogP contribution >= 0.6 is 24.4 Å². The van der Waals surface area contributed by atoms with Crippen molar-refractivity contribution >= 4 is 46.6 Å². The molecule has 0 heterocycles. The molecule has 24 heavy (non-hydrogen) atoms. The van der Waals surface area contributed by atoms with Gasteiger partial charge in [0.25, 0.3) is 0 Å². The summed E-state index contributed by atoms with van der Waals surface area (Å²) in [5.74, 6) is -0.505. The number of hydrogen-bond donors (Lipinski definition) is 2. The number of nitrogens with one attached hydrogen (secondary N) is 1. The molecule has 0 saturated heterocycles. The van der Waals surface area contributed by atoms with Gasteiger partial charge in [-0.05, 0) is 35.7 Å². The molecule has 4 nitrogen and oxygen atoms in total. The molecule has 0 fully saturated rings. The second-order valence-electron chi connectivity index (χ2n) is 5.55. The lowest BCUT2D eigenvalue weighted by molar-refractivity contribution is 0.0697. The number of aromatic carboxylic acids is 1. The number of hydrogen-bond acceptors (Lipinski definition) is 3. The Morgan fingerprint density at radius 1 is 1.08 bits per heavy atom. The number of carboxylic acid groups (broad SMARTS) is 1. The molecule has 2 aromatic rings. The Morgan fingerprint density at radius 3 is 2.08 bits per heavy atom. The van der Waals surface area contributed by atoms with Gasteiger partial charge in [-0.3, -0.25) is 10.4 Å². The molecule has 0 aliphatic heterocycles. The standard InChI is InChI=1S/C18H18N2O2S2/c1-12(2)13-3-5-14(6-4-13)17(24)19-20(11-23)16-9-7-15(8-10-16)18(21)22/h3-12H,1-2H3,(H,19,24)(H,21,22). The number of anilines is 1. The first-order chi connectivity index (χ1) is 11.4. The van der Waals surface area contributed by atoms with Crippen molar-refractivity contribution in [1.82, 2.24) is 5.43 Å². The molecule has 0 aliphatic carbocycles. The second kappa shape index (κ2) is 7.99. The summed E-state index contributed by atoms with van der Waals surface area (Å²) in [7, 11) is 0. The Balaban J connectivity index is 2.12. The van der Waals surface area contributed by atoms with Crippen LogP contribution in [0.1, 0.15) is 41.3 Å². The molecule has 6 heteroatoms. The van der Waals surface area contributed by atoms with Gasteiger partial charge in [0, 0.05) is 5.56 Å². The van der Waals surface area contributed by atoms with Crippen molar-refractivity contribution in [3.63, 3.8) is 0 Å². The van der Waals surface area contributed by atoms with Crippen LogP contribution < -0.4 is 10.4 Å². The van der Waals surface area contributed by atoms with Crippen LogP contribution in [0.4, 0.5) is 5.69 Å². The highest BCUT2D eigenvalue weighted by molar-refractivity contribution is 7.80.